The van der Waals surface area contributed by atoms with Crippen molar-refractivity contribution in [2.75, 3.05) is 0 Å². The van der Waals surface area contributed by atoms with Crippen molar-refractivity contribution >= 4 is 0 Å². The number of rotatable bonds is 18. The molecule has 0 heteroatoms. The van der Waals surface area contributed by atoms with E-state index in [-0.39, 0.29) is 0 Å². The van der Waals surface area contributed by atoms with Crippen molar-refractivity contribution < 1.29 is 0 Å². The average Bonchev–Trinajstić information content (AvgIpc) is 2.57. The summed E-state index contributed by atoms with van der Waals surface area (Å²) in [5.74, 6) is 2.78. The molecule has 0 fully saturated rings. The molecule has 0 aromatic carbocycles. The molecule has 2 unspecified atom stereocenters. The molecule has 24 heavy (non-hydrogen) atoms. The molecule has 0 saturated heterocycles. The lowest BCUT2D eigenvalue weighted by Crippen LogP contribution is -2.08. The Morgan fingerprint density at radius 1 is 0.458 bits per heavy atom. The molecule has 0 amide bonds. The number of hydrogen-bond acceptors (Lipinski definition) is 0. The average molecular weight is 339 g/mol. The largest absolute Gasteiger partial charge is 0.0654 e. The van der Waals surface area contributed by atoms with Crippen LogP contribution in [0.5, 0.6) is 0 Å². The molecule has 146 valence electrons. The third-order valence-electron chi connectivity index (χ3n) is 6.10. The fourth-order valence-corrected chi connectivity index (χ4v) is 3.69. The van der Waals surface area contributed by atoms with Gasteiger partial charge in [-0.2, -0.15) is 0 Å². The zero-order chi connectivity index (χ0) is 18.0. The Kier molecular flexibility index (Phi) is 17.8. The molecule has 0 aliphatic heterocycles. The Bertz CT molecular complexity index is 230. The Labute approximate surface area is 155 Å². The summed E-state index contributed by atoms with van der Waals surface area (Å²) < 4.78 is 0. The highest BCUT2D eigenvalue weighted by Gasteiger charge is 2.13. The molecule has 0 aliphatic rings. The van der Waals surface area contributed by atoms with Gasteiger partial charge in [-0.3, -0.25) is 0 Å². The van der Waals surface area contributed by atoms with Crippen molar-refractivity contribution in [3.63, 3.8) is 0 Å². The van der Waals surface area contributed by atoms with Gasteiger partial charge in [-0.1, -0.05) is 137 Å². The van der Waals surface area contributed by atoms with Crippen molar-refractivity contribution in [3.05, 3.63) is 0 Å². The summed E-state index contributed by atoms with van der Waals surface area (Å²) in [6, 6.07) is 0. The van der Waals surface area contributed by atoms with Gasteiger partial charge in [0.05, 0.1) is 0 Å². The van der Waals surface area contributed by atoms with Crippen LogP contribution in [0.4, 0.5) is 0 Å². The summed E-state index contributed by atoms with van der Waals surface area (Å²) in [7, 11) is 0. The molecule has 0 aromatic rings. The zero-order valence-electron chi connectivity index (χ0n) is 18.0. The third-order valence-corrected chi connectivity index (χ3v) is 6.10. The first-order valence-corrected chi connectivity index (χ1v) is 11.6. The second kappa shape index (κ2) is 17.8. The molecular weight excluding hydrogens is 288 g/mol. The first-order valence-electron chi connectivity index (χ1n) is 11.6. The van der Waals surface area contributed by atoms with Gasteiger partial charge in [-0.05, 0) is 17.8 Å². The van der Waals surface area contributed by atoms with E-state index in [1.165, 1.54) is 103 Å². The molecule has 0 aliphatic carbocycles. The van der Waals surface area contributed by atoms with Gasteiger partial charge in [0.25, 0.3) is 0 Å². The Balaban J connectivity index is 3.89. The van der Waals surface area contributed by atoms with E-state index in [1.54, 1.807) is 0 Å². The van der Waals surface area contributed by atoms with Gasteiger partial charge < -0.3 is 0 Å². The van der Waals surface area contributed by atoms with E-state index in [0.29, 0.717) is 0 Å². The molecule has 0 spiro atoms. The lowest BCUT2D eigenvalue weighted by atomic mass is 9.85. The molecule has 0 nitrogen and oxygen atoms in total. The summed E-state index contributed by atoms with van der Waals surface area (Å²) in [5, 5.41) is 0. The number of hydrogen-bond donors (Lipinski definition) is 0. The molecule has 0 aromatic heterocycles. The molecule has 0 saturated carbocycles. The minimum absolute atomic E-state index is 0.855. The van der Waals surface area contributed by atoms with Crippen LogP contribution in [0.15, 0.2) is 0 Å². The summed E-state index contributed by atoms with van der Waals surface area (Å²) >= 11 is 0. The summed E-state index contributed by atoms with van der Waals surface area (Å²) in [4.78, 5) is 0. The van der Waals surface area contributed by atoms with E-state index >= 15 is 0 Å². The third kappa shape index (κ3) is 15.5. The van der Waals surface area contributed by atoms with Crippen molar-refractivity contribution in [1.29, 1.82) is 0 Å². The molecule has 0 bridgehead atoms. The predicted octanol–water partition coefficient (Wildman–Crippen LogP) is 9.18. The van der Waals surface area contributed by atoms with Crippen LogP contribution in [0.2, 0.25) is 0 Å². The summed E-state index contributed by atoms with van der Waals surface area (Å²) in [6.07, 6.45) is 23.4. The Hall–Kier alpha value is 0. The summed E-state index contributed by atoms with van der Waals surface area (Å²) in [6.45, 7) is 11.9. The summed E-state index contributed by atoms with van der Waals surface area (Å²) in [5.41, 5.74) is 0. The lowest BCUT2D eigenvalue weighted by molar-refractivity contribution is 0.310. The topological polar surface area (TPSA) is 0 Å². The maximum atomic E-state index is 2.46. The van der Waals surface area contributed by atoms with E-state index in [9.17, 15) is 0 Å². The van der Waals surface area contributed by atoms with E-state index in [1.807, 2.05) is 0 Å². The van der Waals surface area contributed by atoms with Crippen LogP contribution in [0, 0.1) is 17.8 Å². The standard InChI is InChI=1S/C24H50/c1-6-8-10-12-13-15-17-19-24(18-16-14-11-9-7-2)21-20-23(5)22(3)4/h22-24H,6-21H2,1-5H3. The SMILES string of the molecule is CCCCCCCCCC(CCCCCCC)CCC(C)C(C)C. The maximum Gasteiger partial charge on any atom is -0.0414 e. The monoisotopic (exact) mass is 338 g/mol. The molecular formula is C24H50. The second-order valence-electron chi connectivity index (χ2n) is 8.78. The highest BCUT2D eigenvalue weighted by molar-refractivity contribution is 4.65. The van der Waals surface area contributed by atoms with Crippen LogP contribution in [-0.4, -0.2) is 0 Å². The first-order chi connectivity index (χ1) is 11.6. The number of unbranched alkanes of at least 4 members (excludes halogenated alkanes) is 10. The minimum atomic E-state index is 0.855. The van der Waals surface area contributed by atoms with Gasteiger partial charge in [-0.25, -0.2) is 0 Å². The maximum absolute atomic E-state index is 2.46. The van der Waals surface area contributed by atoms with Gasteiger partial charge in [0.1, 0.15) is 0 Å². The van der Waals surface area contributed by atoms with Crippen molar-refractivity contribution in [1.82, 2.24) is 0 Å². The van der Waals surface area contributed by atoms with Crippen LogP contribution >= 0.6 is 0 Å². The van der Waals surface area contributed by atoms with Crippen LogP contribution in [0.3, 0.4) is 0 Å². The molecule has 0 rings (SSSR count). The van der Waals surface area contributed by atoms with Gasteiger partial charge >= 0.3 is 0 Å². The van der Waals surface area contributed by atoms with Gasteiger partial charge in [0, 0.05) is 0 Å². The molecule has 0 radical (unpaired) electrons. The van der Waals surface area contributed by atoms with Gasteiger partial charge in [0.2, 0.25) is 0 Å². The zero-order valence-corrected chi connectivity index (χ0v) is 18.0. The minimum Gasteiger partial charge on any atom is -0.0654 e. The van der Waals surface area contributed by atoms with E-state index in [0.717, 1.165) is 17.8 Å². The van der Waals surface area contributed by atoms with E-state index in [2.05, 4.69) is 34.6 Å². The first kappa shape index (κ1) is 24.0. The normalized spacial score (nSPS) is 14.2. The van der Waals surface area contributed by atoms with Crippen LogP contribution in [0.25, 0.3) is 0 Å². The van der Waals surface area contributed by atoms with Crippen molar-refractivity contribution in [2.24, 2.45) is 17.8 Å². The molecule has 0 heterocycles. The van der Waals surface area contributed by atoms with Crippen molar-refractivity contribution in [3.8, 4) is 0 Å². The quantitative estimate of drug-likeness (QED) is 0.218. The van der Waals surface area contributed by atoms with Crippen LogP contribution in [0.1, 0.15) is 137 Å². The highest BCUT2D eigenvalue weighted by Crippen LogP contribution is 2.27. The van der Waals surface area contributed by atoms with Crippen LogP contribution in [-0.2, 0) is 0 Å². The van der Waals surface area contributed by atoms with Gasteiger partial charge in [0.15, 0.2) is 0 Å². The fraction of sp³-hybridized carbons (Fsp3) is 1.00. The van der Waals surface area contributed by atoms with Crippen LogP contribution < -0.4 is 0 Å². The van der Waals surface area contributed by atoms with E-state index < -0.39 is 0 Å². The van der Waals surface area contributed by atoms with Crippen molar-refractivity contribution in [2.45, 2.75) is 137 Å². The second-order valence-corrected chi connectivity index (χ2v) is 8.78. The highest BCUT2D eigenvalue weighted by atomic mass is 14.2. The molecule has 0 N–H and O–H groups in total. The van der Waals surface area contributed by atoms with E-state index in [4.69, 9.17) is 0 Å². The van der Waals surface area contributed by atoms with Gasteiger partial charge in [-0.15, -0.1) is 0 Å². The predicted molar refractivity (Wildman–Crippen MR) is 113 cm³/mol. The Morgan fingerprint density at radius 3 is 1.29 bits per heavy atom. The smallest absolute Gasteiger partial charge is 0.0414 e. The Morgan fingerprint density at radius 2 is 0.875 bits per heavy atom. The fourth-order valence-electron chi connectivity index (χ4n) is 3.69. The lowest BCUT2D eigenvalue weighted by Gasteiger charge is -2.21. The molecule has 2 atom stereocenters.